The lowest BCUT2D eigenvalue weighted by atomic mass is 10.1. The van der Waals surface area contributed by atoms with E-state index in [0.29, 0.717) is 11.6 Å². The first-order valence-corrected chi connectivity index (χ1v) is 9.35. The highest BCUT2D eigenvalue weighted by Gasteiger charge is 2.28. The van der Waals surface area contributed by atoms with Gasteiger partial charge in [0, 0.05) is 30.4 Å². The first kappa shape index (κ1) is 16.7. The Morgan fingerprint density at radius 2 is 2.07 bits per heavy atom. The molecule has 5 rings (SSSR count). The fourth-order valence-electron chi connectivity index (χ4n) is 3.35. The summed E-state index contributed by atoms with van der Waals surface area (Å²) in [5.41, 5.74) is 3.90. The van der Waals surface area contributed by atoms with Crippen LogP contribution in [0.3, 0.4) is 0 Å². The molecule has 1 fully saturated rings. The van der Waals surface area contributed by atoms with Crippen LogP contribution in [-0.4, -0.2) is 30.1 Å². The summed E-state index contributed by atoms with van der Waals surface area (Å²) in [6, 6.07) is 11.6. The number of aryl methyl sites for hydroxylation is 2. The monoisotopic (exact) mass is 372 g/mol. The van der Waals surface area contributed by atoms with Crippen LogP contribution in [0.5, 0.6) is 0 Å². The molecular formula is C21H20N6O. The number of benzene rings is 1. The topological polar surface area (TPSA) is 77.1 Å². The highest BCUT2D eigenvalue weighted by molar-refractivity contribution is 6.04. The average molecular weight is 372 g/mol. The first-order valence-electron chi connectivity index (χ1n) is 9.35. The van der Waals surface area contributed by atoms with Crippen molar-refractivity contribution in [2.75, 3.05) is 5.32 Å². The van der Waals surface area contributed by atoms with Crippen LogP contribution in [0, 0.1) is 6.92 Å². The van der Waals surface area contributed by atoms with Gasteiger partial charge in [-0.1, -0.05) is 18.2 Å². The highest BCUT2D eigenvalue weighted by atomic mass is 16.1. The molecule has 1 aliphatic carbocycles. The summed E-state index contributed by atoms with van der Waals surface area (Å²) in [5, 5.41) is 7.56. The number of nitrogens with one attached hydrogen (secondary N) is 1. The molecular weight excluding hydrogens is 352 g/mol. The van der Waals surface area contributed by atoms with Gasteiger partial charge in [-0.15, -0.1) is 0 Å². The molecule has 0 aliphatic heterocycles. The van der Waals surface area contributed by atoms with Gasteiger partial charge in [-0.2, -0.15) is 5.10 Å². The van der Waals surface area contributed by atoms with Crippen LogP contribution in [-0.2, 0) is 7.05 Å². The fourth-order valence-corrected chi connectivity index (χ4v) is 3.35. The van der Waals surface area contributed by atoms with E-state index in [2.05, 4.69) is 15.4 Å². The molecule has 0 bridgehead atoms. The van der Waals surface area contributed by atoms with Gasteiger partial charge >= 0.3 is 0 Å². The Morgan fingerprint density at radius 1 is 1.21 bits per heavy atom. The van der Waals surface area contributed by atoms with Crippen molar-refractivity contribution in [2.24, 2.45) is 7.05 Å². The number of aromatic nitrogens is 5. The smallest absolute Gasteiger partial charge is 0.274 e. The van der Waals surface area contributed by atoms with E-state index in [1.165, 1.54) is 0 Å². The van der Waals surface area contributed by atoms with Crippen molar-refractivity contribution in [3.05, 3.63) is 65.9 Å². The van der Waals surface area contributed by atoms with Crippen molar-refractivity contribution >= 4 is 17.2 Å². The number of imidazole rings is 1. The van der Waals surface area contributed by atoms with Crippen LogP contribution < -0.4 is 5.32 Å². The Bertz CT molecular complexity index is 1200. The number of carbonyl (C=O) groups excluding carboxylic acids is 1. The second-order valence-corrected chi connectivity index (χ2v) is 7.25. The predicted octanol–water partition coefficient (Wildman–Crippen LogP) is 3.57. The Labute approximate surface area is 162 Å². The molecule has 7 nitrogen and oxygen atoms in total. The minimum absolute atomic E-state index is 0.199. The van der Waals surface area contributed by atoms with E-state index < -0.39 is 0 Å². The van der Waals surface area contributed by atoms with Crippen LogP contribution >= 0.6 is 0 Å². The Hall–Kier alpha value is -3.48. The zero-order chi connectivity index (χ0) is 19.3. The van der Waals surface area contributed by atoms with E-state index in [-0.39, 0.29) is 5.91 Å². The van der Waals surface area contributed by atoms with Gasteiger partial charge in [-0.3, -0.25) is 9.20 Å². The van der Waals surface area contributed by atoms with Crippen LogP contribution in [0.4, 0.5) is 5.69 Å². The molecule has 3 heterocycles. The van der Waals surface area contributed by atoms with Crippen LogP contribution in [0.1, 0.15) is 40.6 Å². The van der Waals surface area contributed by atoms with Gasteiger partial charge in [0.2, 0.25) is 0 Å². The molecule has 1 N–H and O–H groups in total. The molecule has 0 radical (unpaired) electrons. The molecule has 4 aromatic rings. The van der Waals surface area contributed by atoms with Crippen molar-refractivity contribution in [1.82, 2.24) is 24.1 Å². The normalized spacial score (nSPS) is 13.8. The Balaban J connectivity index is 1.47. The van der Waals surface area contributed by atoms with Crippen molar-refractivity contribution in [1.29, 1.82) is 0 Å². The lowest BCUT2D eigenvalue weighted by molar-refractivity contribution is 0.102. The van der Waals surface area contributed by atoms with E-state index in [0.717, 1.165) is 47.0 Å². The standard InChI is InChI=1S/C21H20N6O/c1-13-6-7-15(20-24-19(14-8-9-14)25-26(20)2)11-16(13)23-21(28)17-12-22-18-5-3-4-10-27(17)18/h3-7,10-12,14H,8-9H2,1-2H3,(H,23,28). The number of hydrogen-bond acceptors (Lipinski definition) is 4. The summed E-state index contributed by atoms with van der Waals surface area (Å²) < 4.78 is 3.59. The molecule has 1 aromatic carbocycles. The molecule has 140 valence electrons. The number of carbonyl (C=O) groups is 1. The van der Waals surface area contributed by atoms with E-state index >= 15 is 0 Å². The lowest BCUT2D eigenvalue weighted by Gasteiger charge is -2.10. The van der Waals surface area contributed by atoms with Crippen LogP contribution in [0.25, 0.3) is 17.0 Å². The summed E-state index contributed by atoms with van der Waals surface area (Å²) in [6.45, 7) is 1.97. The second kappa shape index (κ2) is 6.30. The second-order valence-electron chi connectivity index (χ2n) is 7.25. The molecule has 0 atom stereocenters. The molecule has 0 saturated heterocycles. The van der Waals surface area contributed by atoms with Crippen molar-refractivity contribution in [3.8, 4) is 11.4 Å². The van der Waals surface area contributed by atoms with Gasteiger partial charge in [0.15, 0.2) is 11.6 Å². The largest absolute Gasteiger partial charge is 0.320 e. The molecule has 0 spiro atoms. The zero-order valence-corrected chi connectivity index (χ0v) is 15.8. The number of anilines is 1. The van der Waals surface area contributed by atoms with Crippen molar-refractivity contribution in [3.63, 3.8) is 0 Å². The third-order valence-electron chi connectivity index (χ3n) is 5.12. The zero-order valence-electron chi connectivity index (χ0n) is 15.8. The molecule has 0 unspecified atom stereocenters. The molecule has 1 saturated carbocycles. The van der Waals surface area contributed by atoms with Crippen LogP contribution in [0.15, 0.2) is 48.8 Å². The van der Waals surface area contributed by atoms with Crippen LogP contribution in [0.2, 0.25) is 0 Å². The molecule has 1 aliphatic rings. The van der Waals surface area contributed by atoms with Crippen molar-refractivity contribution in [2.45, 2.75) is 25.7 Å². The van der Waals surface area contributed by atoms with Gasteiger partial charge in [0.05, 0.1) is 6.20 Å². The highest BCUT2D eigenvalue weighted by Crippen LogP contribution is 2.39. The molecule has 28 heavy (non-hydrogen) atoms. The molecule has 1 amide bonds. The summed E-state index contributed by atoms with van der Waals surface area (Å²) in [7, 11) is 1.91. The third kappa shape index (κ3) is 2.85. The predicted molar refractivity (Wildman–Crippen MR) is 106 cm³/mol. The average Bonchev–Trinajstić information content (AvgIpc) is 3.34. The van der Waals surface area contributed by atoms with Gasteiger partial charge in [0.1, 0.15) is 11.3 Å². The van der Waals surface area contributed by atoms with E-state index in [1.807, 2.05) is 61.2 Å². The minimum atomic E-state index is -0.199. The summed E-state index contributed by atoms with van der Waals surface area (Å²) in [4.78, 5) is 21.8. The fraction of sp³-hybridized carbons (Fsp3) is 0.238. The SMILES string of the molecule is Cc1ccc(-c2nc(C3CC3)nn2C)cc1NC(=O)c1cnc2ccccn12. The minimum Gasteiger partial charge on any atom is -0.320 e. The lowest BCUT2D eigenvalue weighted by Crippen LogP contribution is -2.15. The maximum absolute atomic E-state index is 12.9. The Morgan fingerprint density at radius 3 is 2.89 bits per heavy atom. The third-order valence-corrected chi connectivity index (χ3v) is 5.12. The van der Waals surface area contributed by atoms with Gasteiger partial charge < -0.3 is 5.32 Å². The number of amides is 1. The quantitative estimate of drug-likeness (QED) is 0.594. The van der Waals surface area contributed by atoms with Gasteiger partial charge in [0.25, 0.3) is 5.91 Å². The Kier molecular flexibility index (Phi) is 3.75. The van der Waals surface area contributed by atoms with Crippen molar-refractivity contribution < 1.29 is 4.79 Å². The molecule has 7 heteroatoms. The number of fused-ring (bicyclic) bond motifs is 1. The molecule has 3 aromatic heterocycles. The summed E-state index contributed by atoms with van der Waals surface area (Å²) in [6.07, 6.45) is 5.75. The maximum atomic E-state index is 12.9. The maximum Gasteiger partial charge on any atom is 0.274 e. The van der Waals surface area contributed by atoms with Gasteiger partial charge in [-0.25, -0.2) is 14.6 Å². The number of nitrogens with zero attached hydrogens (tertiary/aromatic N) is 5. The van der Waals surface area contributed by atoms with E-state index in [1.54, 1.807) is 10.6 Å². The first-order chi connectivity index (χ1) is 13.6. The van der Waals surface area contributed by atoms with E-state index in [9.17, 15) is 4.79 Å². The van der Waals surface area contributed by atoms with Gasteiger partial charge in [-0.05, 0) is 43.5 Å². The van der Waals surface area contributed by atoms with E-state index in [4.69, 9.17) is 4.98 Å². The number of rotatable bonds is 4. The summed E-state index contributed by atoms with van der Waals surface area (Å²) >= 11 is 0. The number of hydrogen-bond donors (Lipinski definition) is 1. The summed E-state index contributed by atoms with van der Waals surface area (Å²) in [5.74, 6) is 2.02. The number of pyridine rings is 1.